The van der Waals surface area contributed by atoms with E-state index in [4.69, 9.17) is 4.84 Å². The average Bonchev–Trinajstić information content (AvgIpc) is 2.85. The molecule has 0 fully saturated rings. The number of hydrogen-bond acceptors (Lipinski definition) is 4. The van der Waals surface area contributed by atoms with Gasteiger partial charge in [-0.05, 0) is 0 Å². The average molecular weight is 400 g/mol. The van der Waals surface area contributed by atoms with Crippen molar-refractivity contribution in [3.8, 4) is 0 Å². The van der Waals surface area contributed by atoms with E-state index in [1.165, 1.54) is 6.07 Å². The minimum absolute atomic E-state index is 0.183. The summed E-state index contributed by atoms with van der Waals surface area (Å²) in [6, 6.07) is 5.16. The van der Waals surface area contributed by atoms with E-state index >= 15 is 0 Å². The fraction of sp³-hybridized carbons (Fsp3) is 0.533. The molecule has 1 aliphatic heterocycles. The molecule has 21 heavy (non-hydrogen) atoms. The first-order valence-corrected chi connectivity index (χ1v) is 9.69. The predicted molar refractivity (Wildman–Crippen MR) is 80.6 cm³/mol. The molecule has 0 saturated heterocycles. The van der Waals surface area contributed by atoms with Crippen molar-refractivity contribution >= 4 is 30.4 Å². The molecule has 1 aromatic carbocycles. The third-order valence-corrected chi connectivity index (χ3v) is 7.29. The first kappa shape index (κ1) is 16.7. The molecule has 2 radical (unpaired) electrons. The van der Waals surface area contributed by atoms with Gasteiger partial charge < -0.3 is 0 Å². The Balaban J connectivity index is 2.18. The third kappa shape index (κ3) is 3.96. The molecule has 0 saturated carbocycles. The van der Waals surface area contributed by atoms with Crippen LogP contribution < -0.4 is 3.58 Å². The molecule has 1 aliphatic rings. The van der Waals surface area contributed by atoms with Gasteiger partial charge in [0.1, 0.15) is 0 Å². The van der Waals surface area contributed by atoms with Crippen LogP contribution in [0, 0.1) is 5.82 Å². The summed E-state index contributed by atoms with van der Waals surface area (Å²) in [5.74, 6) is -0.192. The van der Waals surface area contributed by atoms with Gasteiger partial charge in [-0.25, -0.2) is 0 Å². The molecule has 0 unspecified atom stereocenters. The van der Waals surface area contributed by atoms with E-state index in [1.807, 2.05) is 12.1 Å². The van der Waals surface area contributed by atoms with Gasteiger partial charge in [-0.3, -0.25) is 0 Å². The van der Waals surface area contributed by atoms with Crippen LogP contribution in [0.15, 0.2) is 23.4 Å². The second-order valence-electron chi connectivity index (χ2n) is 6.37. The number of halogens is 1. The number of hydrogen-bond donors (Lipinski definition) is 2. The molecule has 1 aromatic rings. The van der Waals surface area contributed by atoms with E-state index < -0.39 is 26.7 Å². The number of oxime groups is 1. The van der Waals surface area contributed by atoms with Crippen LogP contribution >= 0.6 is 0 Å². The van der Waals surface area contributed by atoms with E-state index in [0.717, 1.165) is 3.58 Å². The van der Waals surface area contributed by atoms with Crippen LogP contribution in [0.5, 0.6) is 0 Å². The third-order valence-electron chi connectivity index (χ3n) is 3.23. The standard InChI is InChI=1S/C11H11FNO3.C4H9.Sn/c12-9-3-1-2-8(4-9)10-5-11(6-14,7-15)16-13-10;1-4(2)3;/h1-2,4,14-15H,5-7H2;1-3H3;. The zero-order valence-corrected chi connectivity index (χ0v) is 15.3. The van der Waals surface area contributed by atoms with Gasteiger partial charge in [-0.1, -0.05) is 0 Å². The molecular weight excluding hydrogens is 380 g/mol. The first-order valence-electron chi connectivity index (χ1n) is 6.83. The van der Waals surface area contributed by atoms with Crippen molar-refractivity contribution in [2.24, 2.45) is 5.16 Å². The SMILES string of the molecule is C[C](C)(C)[Sn][c]1ccc(C2=NOC(CO)(CO)C2)cc1F. The van der Waals surface area contributed by atoms with Crippen LogP contribution in [0.2, 0.25) is 3.43 Å². The number of benzene rings is 1. The molecule has 1 heterocycles. The molecule has 2 N–H and O–H groups in total. The Labute approximate surface area is 134 Å². The maximum absolute atomic E-state index is 14.2. The molecule has 0 aliphatic carbocycles. The molecule has 0 bridgehead atoms. The van der Waals surface area contributed by atoms with Crippen LogP contribution in [-0.4, -0.2) is 55.9 Å². The second-order valence-corrected chi connectivity index (χ2v) is 12.9. The quantitative estimate of drug-likeness (QED) is 0.748. The molecule has 114 valence electrons. The Morgan fingerprint density at radius 3 is 2.48 bits per heavy atom. The fourth-order valence-corrected chi connectivity index (χ4v) is 5.42. The van der Waals surface area contributed by atoms with E-state index in [2.05, 4.69) is 25.9 Å². The van der Waals surface area contributed by atoms with Crippen LogP contribution in [0.4, 0.5) is 4.39 Å². The first-order chi connectivity index (χ1) is 9.78. The van der Waals surface area contributed by atoms with Crippen LogP contribution in [0.25, 0.3) is 0 Å². The number of aliphatic hydroxyl groups is 2. The Hall–Kier alpha value is -0.661. The number of rotatable bonds is 4. The van der Waals surface area contributed by atoms with Gasteiger partial charge in [0.15, 0.2) is 0 Å². The Bertz CT molecular complexity index is 550. The Morgan fingerprint density at radius 2 is 2.00 bits per heavy atom. The predicted octanol–water partition coefficient (Wildman–Crippen LogP) is 1.22. The van der Waals surface area contributed by atoms with E-state index in [-0.39, 0.29) is 28.9 Å². The van der Waals surface area contributed by atoms with Crippen molar-refractivity contribution in [1.29, 1.82) is 0 Å². The Kier molecular flexibility index (Phi) is 4.95. The summed E-state index contributed by atoms with van der Waals surface area (Å²) < 4.78 is 15.3. The van der Waals surface area contributed by atoms with Crippen molar-refractivity contribution in [2.75, 3.05) is 13.2 Å². The molecular formula is C15H20FNO3Sn. The summed E-state index contributed by atoms with van der Waals surface area (Å²) in [6.45, 7) is 5.76. The molecule has 0 atom stereocenters. The molecule has 4 nitrogen and oxygen atoms in total. The van der Waals surface area contributed by atoms with Crippen molar-refractivity contribution in [3.63, 3.8) is 0 Å². The Morgan fingerprint density at radius 1 is 1.33 bits per heavy atom. The second kappa shape index (κ2) is 6.22. The number of aliphatic hydroxyl groups excluding tert-OH is 2. The monoisotopic (exact) mass is 401 g/mol. The van der Waals surface area contributed by atoms with Crippen molar-refractivity contribution in [3.05, 3.63) is 29.6 Å². The molecule has 2 rings (SSSR count). The summed E-state index contributed by atoms with van der Waals surface area (Å²) in [5, 5.41) is 22.5. The summed E-state index contributed by atoms with van der Waals surface area (Å²) in [4.78, 5) is 5.13. The summed E-state index contributed by atoms with van der Waals surface area (Å²) in [5.41, 5.74) is 0.130. The summed E-state index contributed by atoms with van der Waals surface area (Å²) >= 11 is -0.999. The zero-order chi connectivity index (χ0) is 15.7. The van der Waals surface area contributed by atoms with Gasteiger partial charge in [0, 0.05) is 0 Å². The van der Waals surface area contributed by atoms with E-state index in [9.17, 15) is 14.6 Å². The van der Waals surface area contributed by atoms with Gasteiger partial charge in [-0.2, -0.15) is 0 Å². The summed E-state index contributed by atoms with van der Waals surface area (Å²) in [7, 11) is 0. The van der Waals surface area contributed by atoms with Gasteiger partial charge in [0.05, 0.1) is 0 Å². The minimum atomic E-state index is -1.08. The van der Waals surface area contributed by atoms with E-state index in [0.29, 0.717) is 11.3 Å². The van der Waals surface area contributed by atoms with Crippen molar-refractivity contribution in [1.82, 2.24) is 0 Å². The van der Waals surface area contributed by atoms with Gasteiger partial charge in [-0.15, -0.1) is 0 Å². The molecule has 0 amide bonds. The van der Waals surface area contributed by atoms with E-state index in [1.54, 1.807) is 0 Å². The van der Waals surface area contributed by atoms with Gasteiger partial charge >= 0.3 is 134 Å². The van der Waals surface area contributed by atoms with Gasteiger partial charge in [0.2, 0.25) is 0 Å². The molecule has 0 spiro atoms. The van der Waals surface area contributed by atoms with Crippen LogP contribution in [0.1, 0.15) is 32.8 Å². The molecule has 6 heteroatoms. The van der Waals surface area contributed by atoms with Crippen LogP contribution in [-0.2, 0) is 4.84 Å². The zero-order valence-electron chi connectivity index (χ0n) is 12.5. The topological polar surface area (TPSA) is 62.0 Å². The maximum atomic E-state index is 14.2. The van der Waals surface area contributed by atoms with Crippen molar-refractivity contribution < 1.29 is 19.4 Å². The summed E-state index contributed by atoms with van der Waals surface area (Å²) in [6.07, 6.45) is 0.276. The molecule has 0 aromatic heterocycles. The fourth-order valence-electron chi connectivity index (χ4n) is 2.10. The van der Waals surface area contributed by atoms with Crippen molar-refractivity contribution in [2.45, 2.75) is 36.2 Å². The van der Waals surface area contributed by atoms with Crippen LogP contribution in [0.3, 0.4) is 0 Å². The number of nitrogens with zero attached hydrogens (tertiary/aromatic N) is 1. The van der Waals surface area contributed by atoms with Gasteiger partial charge in [0.25, 0.3) is 0 Å². The normalized spacial score (nSPS) is 17.5.